The van der Waals surface area contributed by atoms with Crippen LogP contribution in [-0.4, -0.2) is 22.2 Å². The third-order valence-corrected chi connectivity index (χ3v) is 3.39. The summed E-state index contributed by atoms with van der Waals surface area (Å²) in [6.45, 7) is 1.90. The third-order valence-electron chi connectivity index (χ3n) is 2.54. The van der Waals surface area contributed by atoms with E-state index in [0.717, 1.165) is 17.8 Å². The van der Waals surface area contributed by atoms with Crippen molar-refractivity contribution in [1.82, 2.24) is 20.5 Å². The van der Waals surface area contributed by atoms with Crippen molar-refractivity contribution in [2.24, 2.45) is 0 Å². The molecule has 0 unspecified atom stereocenters. The molecule has 2 rings (SSSR count). The number of hydrogen-bond acceptors (Lipinski definition) is 4. The van der Waals surface area contributed by atoms with Gasteiger partial charge in [0, 0.05) is 11.4 Å². The van der Waals surface area contributed by atoms with Crippen LogP contribution in [0, 0.1) is 6.92 Å². The Morgan fingerprint density at radius 3 is 2.65 bits per heavy atom. The second-order valence-corrected chi connectivity index (χ2v) is 5.19. The van der Waals surface area contributed by atoms with Gasteiger partial charge >= 0.3 is 6.18 Å². The van der Waals surface area contributed by atoms with Crippen LogP contribution in [0.15, 0.2) is 28.3 Å². The van der Waals surface area contributed by atoms with E-state index >= 15 is 0 Å². The summed E-state index contributed by atoms with van der Waals surface area (Å²) < 4.78 is 39.1. The molecule has 4 nitrogen and oxygen atoms in total. The Bertz CT molecular complexity index is 595. The van der Waals surface area contributed by atoms with Gasteiger partial charge in [-0.1, -0.05) is 6.07 Å². The fourth-order valence-electron chi connectivity index (χ4n) is 1.70. The Kier molecular flexibility index (Phi) is 4.34. The summed E-state index contributed by atoms with van der Waals surface area (Å²) in [6.07, 6.45) is -4.38. The van der Waals surface area contributed by atoms with Crippen molar-refractivity contribution in [3.05, 3.63) is 35.2 Å². The summed E-state index contributed by atoms with van der Waals surface area (Å²) in [5.41, 5.74) is -0.417. The van der Waals surface area contributed by atoms with Crippen LogP contribution in [0.3, 0.4) is 0 Å². The van der Waals surface area contributed by atoms with Gasteiger partial charge in [-0.3, -0.25) is 5.10 Å². The molecule has 0 aliphatic heterocycles. The molecule has 1 aromatic carbocycles. The molecular weight excluding hydrogens is 289 g/mol. The van der Waals surface area contributed by atoms with E-state index in [1.54, 1.807) is 20.0 Å². The van der Waals surface area contributed by atoms with E-state index in [0.29, 0.717) is 15.9 Å². The van der Waals surface area contributed by atoms with Crippen LogP contribution in [-0.2, 0) is 12.7 Å². The summed E-state index contributed by atoms with van der Waals surface area (Å²) >= 11 is 1.09. The Balaban J connectivity index is 2.31. The van der Waals surface area contributed by atoms with Crippen LogP contribution in [0.1, 0.15) is 17.0 Å². The molecule has 8 heteroatoms. The number of rotatable bonds is 4. The molecule has 0 radical (unpaired) electrons. The van der Waals surface area contributed by atoms with E-state index in [2.05, 4.69) is 20.5 Å². The van der Waals surface area contributed by atoms with E-state index in [1.807, 2.05) is 0 Å². The van der Waals surface area contributed by atoms with Gasteiger partial charge in [0.1, 0.15) is 5.82 Å². The fourth-order valence-corrected chi connectivity index (χ4v) is 2.50. The molecule has 2 N–H and O–H groups in total. The van der Waals surface area contributed by atoms with Gasteiger partial charge in [-0.15, -0.1) is 5.10 Å². The first kappa shape index (κ1) is 14.9. The number of aromatic nitrogens is 3. The van der Waals surface area contributed by atoms with Gasteiger partial charge in [-0.2, -0.15) is 13.2 Å². The molecule has 0 aliphatic carbocycles. The zero-order valence-electron chi connectivity index (χ0n) is 10.9. The summed E-state index contributed by atoms with van der Waals surface area (Å²) in [5.74, 6) is 0.621. The first-order valence-electron chi connectivity index (χ1n) is 5.81. The van der Waals surface area contributed by atoms with Crippen molar-refractivity contribution in [2.45, 2.75) is 29.7 Å². The van der Waals surface area contributed by atoms with Gasteiger partial charge in [-0.05, 0) is 43.4 Å². The predicted molar refractivity (Wildman–Crippen MR) is 69.5 cm³/mol. The minimum atomic E-state index is -4.38. The van der Waals surface area contributed by atoms with Crippen molar-refractivity contribution >= 4 is 11.8 Å². The van der Waals surface area contributed by atoms with Crippen LogP contribution in [0.2, 0.25) is 0 Å². The summed E-state index contributed by atoms with van der Waals surface area (Å²) in [4.78, 5) is 4.51. The number of alkyl halides is 3. The van der Waals surface area contributed by atoms with Crippen LogP contribution in [0.25, 0.3) is 0 Å². The normalized spacial score (nSPS) is 11.8. The number of nitrogens with zero attached hydrogens (tertiary/aromatic N) is 2. The third kappa shape index (κ3) is 3.51. The van der Waals surface area contributed by atoms with Gasteiger partial charge in [0.15, 0.2) is 0 Å². The Labute approximate surface area is 118 Å². The van der Waals surface area contributed by atoms with Crippen LogP contribution >= 0.6 is 11.8 Å². The average molecular weight is 302 g/mol. The first-order chi connectivity index (χ1) is 9.40. The Morgan fingerprint density at radius 2 is 2.10 bits per heavy atom. The van der Waals surface area contributed by atoms with E-state index in [1.165, 1.54) is 6.07 Å². The SMILES string of the molecule is CNCc1ccc(Sc2n[nH]c(C)n2)cc1C(F)(F)F. The molecule has 20 heavy (non-hydrogen) atoms. The highest BCUT2D eigenvalue weighted by molar-refractivity contribution is 7.99. The number of hydrogen-bond donors (Lipinski definition) is 2. The summed E-state index contributed by atoms with van der Waals surface area (Å²) in [6, 6.07) is 4.24. The lowest BCUT2D eigenvalue weighted by atomic mass is 10.1. The number of aryl methyl sites for hydroxylation is 1. The number of H-pyrrole nitrogens is 1. The molecule has 0 spiro atoms. The topological polar surface area (TPSA) is 53.6 Å². The molecule has 0 fully saturated rings. The van der Waals surface area contributed by atoms with Crippen LogP contribution < -0.4 is 5.32 Å². The highest BCUT2D eigenvalue weighted by Crippen LogP contribution is 2.36. The second-order valence-electron chi connectivity index (χ2n) is 4.15. The molecule has 0 saturated heterocycles. The van der Waals surface area contributed by atoms with E-state index in [9.17, 15) is 13.2 Å². The first-order valence-corrected chi connectivity index (χ1v) is 6.63. The van der Waals surface area contributed by atoms with E-state index in [-0.39, 0.29) is 12.1 Å². The van der Waals surface area contributed by atoms with Crippen molar-refractivity contribution in [3.63, 3.8) is 0 Å². The second kappa shape index (κ2) is 5.84. The van der Waals surface area contributed by atoms with Crippen LogP contribution in [0.5, 0.6) is 0 Å². The molecule has 1 aromatic heterocycles. The largest absolute Gasteiger partial charge is 0.416 e. The lowest BCUT2D eigenvalue weighted by molar-refractivity contribution is -0.138. The van der Waals surface area contributed by atoms with E-state index < -0.39 is 11.7 Å². The monoisotopic (exact) mass is 302 g/mol. The molecule has 0 saturated carbocycles. The Morgan fingerprint density at radius 1 is 1.35 bits per heavy atom. The molecule has 0 aliphatic rings. The molecule has 108 valence electrons. The number of nitrogens with one attached hydrogen (secondary N) is 2. The molecular formula is C12H13F3N4S. The molecule has 1 heterocycles. The maximum absolute atomic E-state index is 13.0. The number of benzene rings is 1. The van der Waals surface area contributed by atoms with Gasteiger partial charge in [-0.25, -0.2) is 4.98 Å². The number of halogens is 3. The highest BCUT2D eigenvalue weighted by Gasteiger charge is 2.33. The lowest BCUT2D eigenvalue weighted by Crippen LogP contribution is -2.14. The van der Waals surface area contributed by atoms with Gasteiger partial charge in [0.25, 0.3) is 0 Å². The van der Waals surface area contributed by atoms with Crippen molar-refractivity contribution < 1.29 is 13.2 Å². The van der Waals surface area contributed by atoms with Gasteiger partial charge < -0.3 is 5.32 Å². The molecule has 0 atom stereocenters. The minimum Gasteiger partial charge on any atom is -0.316 e. The maximum Gasteiger partial charge on any atom is 0.416 e. The van der Waals surface area contributed by atoms with Crippen LogP contribution in [0.4, 0.5) is 13.2 Å². The highest BCUT2D eigenvalue weighted by atomic mass is 32.2. The van der Waals surface area contributed by atoms with Crippen molar-refractivity contribution in [3.8, 4) is 0 Å². The zero-order chi connectivity index (χ0) is 14.8. The fraction of sp³-hybridized carbons (Fsp3) is 0.333. The van der Waals surface area contributed by atoms with Crippen molar-refractivity contribution in [1.29, 1.82) is 0 Å². The Hall–Kier alpha value is -1.54. The molecule has 0 amide bonds. The molecule has 0 bridgehead atoms. The van der Waals surface area contributed by atoms with E-state index in [4.69, 9.17) is 0 Å². The zero-order valence-corrected chi connectivity index (χ0v) is 11.7. The van der Waals surface area contributed by atoms with Gasteiger partial charge in [0.2, 0.25) is 5.16 Å². The lowest BCUT2D eigenvalue weighted by Gasteiger charge is -2.13. The smallest absolute Gasteiger partial charge is 0.316 e. The standard InChI is InChI=1S/C12H13F3N4S/c1-7-17-11(19-18-7)20-9-4-3-8(6-16-2)10(5-9)12(13,14)15/h3-5,16H,6H2,1-2H3,(H,17,18,19). The molecule has 2 aromatic rings. The number of aromatic amines is 1. The quantitative estimate of drug-likeness (QED) is 0.911. The minimum absolute atomic E-state index is 0.166. The predicted octanol–water partition coefficient (Wildman–Crippen LogP) is 3.00. The summed E-state index contributed by atoms with van der Waals surface area (Å²) in [7, 11) is 1.61. The van der Waals surface area contributed by atoms with Gasteiger partial charge in [0.05, 0.1) is 5.56 Å². The summed E-state index contributed by atoms with van der Waals surface area (Å²) in [5, 5.41) is 9.68. The van der Waals surface area contributed by atoms with Crippen molar-refractivity contribution in [2.75, 3.05) is 7.05 Å². The average Bonchev–Trinajstić information content (AvgIpc) is 2.76. The maximum atomic E-state index is 13.0.